The Labute approximate surface area is 90.4 Å². The molecule has 1 aromatic rings. The summed E-state index contributed by atoms with van der Waals surface area (Å²) in [5, 5.41) is 3.02. The zero-order chi connectivity index (χ0) is 11.3. The molecule has 0 saturated heterocycles. The largest absolute Gasteiger partial charge is 0.497 e. The van der Waals surface area contributed by atoms with Crippen LogP contribution in [-0.2, 0) is 0 Å². The van der Waals surface area contributed by atoms with E-state index in [2.05, 4.69) is 5.32 Å². The molecule has 0 aliphatic heterocycles. The van der Waals surface area contributed by atoms with Crippen molar-refractivity contribution in [3.05, 3.63) is 29.3 Å². The first-order chi connectivity index (χ1) is 7.19. The van der Waals surface area contributed by atoms with Gasteiger partial charge in [-0.15, -0.1) is 0 Å². The van der Waals surface area contributed by atoms with Crippen LogP contribution >= 0.6 is 0 Å². The van der Waals surface area contributed by atoms with Crippen molar-refractivity contribution in [2.24, 2.45) is 0 Å². The molecule has 1 rings (SSSR count). The number of rotatable bonds is 5. The van der Waals surface area contributed by atoms with Gasteiger partial charge < -0.3 is 10.1 Å². The Bertz CT molecular complexity index is 347. The number of ether oxygens (including phenoxy) is 1. The van der Waals surface area contributed by atoms with Gasteiger partial charge in [0.15, 0.2) is 5.78 Å². The van der Waals surface area contributed by atoms with Crippen molar-refractivity contribution in [1.29, 1.82) is 0 Å². The van der Waals surface area contributed by atoms with Crippen molar-refractivity contribution >= 4 is 5.78 Å². The van der Waals surface area contributed by atoms with E-state index < -0.39 is 0 Å². The molecule has 0 fully saturated rings. The third-order valence-corrected chi connectivity index (χ3v) is 2.27. The first kappa shape index (κ1) is 11.7. The summed E-state index contributed by atoms with van der Waals surface area (Å²) >= 11 is 0. The summed E-state index contributed by atoms with van der Waals surface area (Å²) in [6, 6.07) is 5.50. The Hall–Kier alpha value is -1.35. The number of hydrogen-bond donors (Lipinski definition) is 1. The fraction of sp³-hybridized carbons (Fsp3) is 0.417. The predicted octanol–water partition coefficient (Wildman–Crippen LogP) is 1.80. The van der Waals surface area contributed by atoms with E-state index in [0.717, 1.165) is 23.4 Å². The zero-order valence-electron chi connectivity index (χ0n) is 9.46. The number of ketones is 1. The first-order valence-corrected chi connectivity index (χ1v) is 5.07. The minimum Gasteiger partial charge on any atom is -0.497 e. The number of aryl methyl sites for hydroxylation is 1. The summed E-state index contributed by atoms with van der Waals surface area (Å²) in [4.78, 5) is 11.7. The Morgan fingerprint density at radius 2 is 2.20 bits per heavy atom. The molecule has 0 aromatic heterocycles. The minimum absolute atomic E-state index is 0.122. The lowest BCUT2D eigenvalue weighted by Crippen LogP contribution is -2.23. The number of Topliss-reactive ketones (excluding diaryl/α,β-unsaturated/α-hetero) is 1. The van der Waals surface area contributed by atoms with Crippen molar-refractivity contribution in [3.63, 3.8) is 0 Å². The molecule has 0 radical (unpaired) electrons. The van der Waals surface area contributed by atoms with Crippen LogP contribution in [0.25, 0.3) is 0 Å². The van der Waals surface area contributed by atoms with E-state index in [1.807, 2.05) is 32.0 Å². The Morgan fingerprint density at radius 1 is 1.47 bits per heavy atom. The van der Waals surface area contributed by atoms with Gasteiger partial charge in [0.05, 0.1) is 13.7 Å². The van der Waals surface area contributed by atoms with Crippen LogP contribution in [0.4, 0.5) is 0 Å². The molecule has 0 unspecified atom stereocenters. The van der Waals surface area contributed by atoms with Crippen LogP contribution in [0.3, 0.4) is 0 Å². The molecule has 0 heterocycles. The molecule has 0 saturated carbocycles. The fourth-order valence-corrected chi connectivity index (χ4v) is 1.41. The number of methoxy groups -OCH3 is 1. The van der Waals surface area contributed by atoms with Gasteiger partial charge in [-0.05, 0) is 37.2 Å². The van der Waals surface area contributed by atoms with Crippen molar-refractivity contribution in [2.45, 2.75) is 13.8 Å². The van der Waals surface area contributed by atoms with Crippen molar-refractivity contribution in [2.75, 3.05) is 20.2 Å². The summed E-state index contributed by atoms with van der Waals surface area (Å²) in [7, 11) is 1.62. The first-order valence-electron chi connectivity index (χ1n) is 5.07. The quantitative estimate of drug-likeness (QED) is 0.748. The van der Waals surface area contributed by atoms with Gasteiger partial charge in [0.25, 0.3) is 0 Å². The van der Waals surface area contributed by atoms with Gasteiger partial charge in [-0.3, -0.25) is 4.79 Å². The molecule has 15 heavy (non-hydrogen) atoms. The lowest BCUT2D eigenvalue weighted by atomic mass is 10.0. The topological polar surface area (TPSA) is 38.3 Å². The molecular formula is C12H17NO2. The highest BCUT2D eigenvalue weighted by Crippen LogP contribution is 2.16. The highest BCUT2D eigenvalue weighted by Gasteiger charge is 2.08. The Kier molecular flexibility index (Phi) is 4.31. The van der Waals surface area contributed by atoms with Crippen LogP contribution < -0.4 is 10.1 Å². The smallest absolute Gasteiger partial charge is 0.176 e. The van der Waals surface area contributed by atoms with Crippen LogP contribution in [-0.4, -0.2) is 26.0 Å². The lowest BCUT2D eigenvalue weighted by Gasteiger charge is -2.07. The Morgan fingerprint density at radius 3 is 2.73 bits per heavy atom. The van der Waals surface area contributed by atoms with Crippen molar-refractivity contribution in [3.8, 4) is 5.75 Å². The van der Waals surface area contributed by atoms with E-state index in [0.29, 0.717) is 6.54 Å². The molecule has 0 amide bonds. The fourth-order valence-electron chi connectivity index (χ4n) is 1.41. The van der Waals surface area contributed by atoms with Crippen LogP contribution in [0, 0.1) is 6.92 Å². The van der Waals surface area contributed by atoms with E-state index in [1.165, 1.54) is 0 Å². The second-order valence-electron chi connectivity index (χ2n) is 3.38. The van der Waals surface area contributed by atoms with Gasteiger partial charge in [-0.2, -0.15) is 0 Å². The molecule has 0 spiro atoms. The molecule has 0 bridgehead atoms. The van der Waals surface area contributed by atoms with Gasteiger partial charge in [0, 0.05) is 5.56 Å². The third kappa shape index (κ3) is 3.06. The Balaban J connectivity index is 2.81. The van der Waals surface area contributed by atoms with Gasteiger partial charge >= 0.3 is 0 Å². The second kappa shape index (κ2) is 5.51. The maximum Gasteiger partial charge on any atom is 0.176 e. The summed E-state index contributed by atoms with van der Waals surface area (Å²) in [6.07, 6.45) is 0. The van der Waals surface area contributed by atoms with Crippen LogP contribution in [0.1, 0.15) is 22.8 Å². The number of likely N-dealkylation sites (N-methyl/N-ethyl adjacent to an activating group) is 1. The number of hydrogen-bond acceptors (Lipinski definition) is 3. The SMILES string of the molecule is CCNCC(=O)c1ccc(OC)cc1C. The van der Waals surface area contributed by atoms with Crippen LogP contribution in [0.15, 0.2) is 18.2 Å². The molecular weight excluding hydrogens is 190 g/mol. The van der Waals surface area contributed by atoms with Crippen LogP contribution in [0.5, 0.6) is 5.75 Å². The maximum atomic E-state index is 11.7. The van der Waals surface area contributed by atoms with E-state index in [-0.39, 0.29) is 5.78 Å². The number of nitrogens with one attached hydrogen (secondary N) is 1. The second-order valence-corrected chi connectivity index (χ2v) is 3.38. The van der Waals surface area contributed by atoms with E-state index >= 15 is 0 Å². The number of benzene rings is 1. The summed E-state index contributed by atoms with van der Waals surface area (Å²) < 4.78 is 5.08. The van der Waals surface area contributed by atoms with Gasteiger partial charge in [-0.1, -0.05) is 6.92 Å². The van der Waals surface area contributed by atoms with E-state index in [9.17, 15) is 4.79 Å². The van der Waals surface area contributed by atoms with Gasteiger partial charge in [0.1, 0.15) is 5.75 Å². The average molecular weight is 207 g/mol. The van der Waals surface area contributed by atoms with Gasteiger partial charge in [0.2, 0.25) is 0 Å². The van der Waals surface area contributed by atoms with Crippen molar-refractivity contribution < 1.29 is 9.53 Å². The molecule has 82 valence electrons. The molecule has 3 heteroatoms. The third-order valence-electron chi connectivity index (χ3n) is 2.27. The van der Waals surface area contributed by atoms with Crippen molar-refractivity contribution in [1.82, 2.24) is 5.32 Å². The van der Waals surface area contributed by atoms with Crippen LogP contribution in [0.2, 0.25) is 0 Å². The molecule has 3 nitrogen and oxygen atoms in total. The normalized spacial score (nSPS) is 10.1. The molecule has 0 aliphatic rings. The molecule has 0 atom stereocenters. The lowest BCUT2D eigenvalue weighted by molar-refractivity contribution is 0.0991. The zero-order valence-corrected chi connectivity index (χ0v) is 9.46. The molecule has 1 N–H and O–H groups in total. The molecule has 1 aromatic carbocycles. The average Bonchev–Trinajstić information content (AvgIpc) is 2.25. The monoisotopic (exact) mass is 207 g/mol. The minimum atomic E-state index is 0.122. The summed E-state index contributed by atoms with van der Waals surface area (Å²) in [5.74, 6) is 0.907. The highest BCUT2D eigenvalue weighted by atomic mass is 16.5. The maximum absolute atomic E-state index is 11.7. The molecule has 0 aliphatic carbocycles. The van der Waals surface area contributed by atoms with E-state index in [1.54, 1.807) is 7.11 Å². The number of carbonyl (C=O) groups excluding carboxylic acids is 1. The van der Waals surface area contributed by atoms with Gasteiger partial charge in [-0.25, -0.2) is 0 Å². The summed E-state index contributed by atoms with van der Waals surface area (Å²) in [6.45, 7) is 5.10. The van der Waals surface area contributed by atoms with E-state index in [4.69, 9.17) is 4.74 Å². The standard InChI is InChI=1S/C12H17NO2/c1-4-13-8-12(14)11-6-5-10(15-3)7-9(11)2/h5-7,13H,4,8H2,1-3H3. The highest BCUT2D eigenvalue weighted by molar-refractivity contribution is 5.99. The number of carbonyl (C=O) groups is 1. The summed E-state index contributed by atoms with van der Waals surface area (Å²) in [5.41, 5.74) is 1.72. The predicted molar refractivity (Wildman–Crippen MR) is 60.6 cm³/mol.